The van der Waals surface area contributed by atoms with Crippen LogP contribution in [0.4, 0.5) is 0 Å². The number of carbonyl (C=O) groups excluding carboxylic acids is 2. The van der Waals surface area contributed by atoms with Crippen molar-refractivity contribution in [3.8, 4) is 5.75 Å². The van der Waals surface area contributed by atoms with Gasteiger partial charge < -0.3 is 14.8 Å². The van der Waals surface area contributed by atoms with Gasteiger partial charge in [-0.3, -0.25) is 9.59 Å². The quantitative estimate of drug-likeness (QED) is 0.663. The summed E-state index contributed by atoms with van der Waals surface area (Å²) in [7, 11) is 0. The first-order valence-electron chi connectivity index (χ1n) is 6.68. The fraction of sp³-hybridized carbons (Fsp3) is 0.188. The maximum atomic E-state index is 12.4. The van der Waals surface area contributed by atoms with Gasteiger partial charge in [0.25, 0.3) is 5.56 Å². The second-order valence-electron chi connectivity index (χ2n) is 4.70. The van der Waals surface area contributed by atoms with Crippen LogP contribution in [-0.2, 0) is 4.74 Å². The van der Waals surface area contributed by atoms with E-state index in [0.717, 1.165) is 5.56 Å². The third kappa shape index (κ3) is 3.06. The molecule has 2 aromatic rings. The maximum absolute atomic E-state index is 12.4. The van der Waals surface area contributed by atoms with Crippen molar-refractivity contribution in [3.05, 3.63) is 63.1 Å². The number of phenolic OH excluding ortho intramolecular Hbond substituents is 1. The third-order valence-electron chi connectivity index (χ3n) is 3.06. The minimum Gasteiger partial charge on any atom is -0.507 e. The molecule has 6 nitrogen and oxygen atoms in total. The number of esters is 1. The predicted octanol–water partition coefficient (Wildman–Crippen LogP) is 1.80. The van der Waals surface area contributed by atoms with Crippen LogP contribution in [0.15, 0.2) is 35.3 Å². The van der Waals surface area contributed by atoms with Crippen LogP contribution in [0.25, 0.3) is 0 Å². The average Bonchev–Trinajstić information content (AvgIpc) is 2.49. The first-order chi connectivity index (χ1) is 10.4. The molecule has 1 heterocycles. The third-order valence-corrected chi connectivity index (χ3v) is 3.06. The first kappa shape index (κ1) is 15.5. The van der Waals surface area contributed by atoms with Gasteiger partial charge in [0.05, 0.1) is 12.2 Å². The van der Waals surface area contributed by atoms with Crippen LogP contribution < -0.4 is 5.56 Å². The molecule has 0 unspecified atom stereocenters. The highest BCUT2D eigenvalue weighted by Crippen LogP contribution is 2.21. The molecule has 0 saturated heterocycles. The van der Waals surface area contributed by atoms with Crippen molar-refractivity contribution in [3.63, 3.8) is 0 Å². The SMILES string of the molecule is CCOC(=O)c1cc(C(=O)c2cc(C)ccc2O)c[nH]c1=O. The number of aromatic hydroxyl groups is 1. The van der Waals surface area contributed by atoms with E-state index in [9.17, 15) is 19.5 Å². The molecule has 0 spiro atoms. The highest BCUT2D eigenvalue weighted by molar-refractivity contribution is 6.11. The zero-order valence-electron chi connectivity index (χ0n) is 12.2. The van der Waals surface area contributed by atoms with Crippen LogP contribution in [0.1, 0.15) is 38.8 Å². The lowest BCUT2D eigenvalue weighted by Crippen LogP contribution is -2.21. The molecule has 1 aromatic heterocycles. The van der Waals surface area contributed by atoms with E-state index in [-0.39, 0.29) is 29.0 Å². The van der Waals surface area contributed by atoms with E-state index in [4.69, 9.17) is 4.74 Å². The second kappa shape index (κ2) is 6.26. The van der Waals surface area contributed by atoms with Crippen molar-refractivity contribution in [2.24, 2.45) is 0 Å². The van der Waals surface area contributed by atoms with Crippen LogP contribution in [0.3, 0.4) is 0 Å². The van der Waals surface area contributed by atoms with Crippen LogP contribution in [0.2, 0.25) is 0 Å². The molecular formula is C16H15NO5. The highest BCUT2D eigenvalue weighted by atomic mass is 16.5. The molecule has 0 aliphatic carbocycles. The van der Waals surface area contributed by atoms with Gasteiger partial charge in [0, 0.05) is 11.8 Å². The standard InChI is InChI=1S/C16H15NO5/c1-3-22-16(21)12-7-10(8-17-15(12)20)14(19)11-6-9(2)4-5-13(11)18/h4-8,18H,3H2,1-2H3,(H,17,20). The van der Waals surface area contributed by atoms with Crippen molar-refractivity contribution in [2.45, 2.75) is 13.8 Å². The Kier molecular flexibility index (Phi) is 4.41. The minimum atomic E-state index is -0.799. The number of aromatic nitrogens is 1. The number of hydrogen-bond donors (Lipinski definition) is 2. The molecule has 22 heavy (non-hydrogen) atoms. The molecule has 1 aromatic carbocycles. The molecule has 2 rings (SSSR count). The van der Waals surface area contributed by atoms with E-state index in [2.05, 4.69) is 4.98 Å². The number of aromatic amines is 1. The zero-order valence-corrected chi connectivity index (χ0v) is 12.2. The summed E-state index contributed by atoms with van der Waals surface area (Å²) in [5.74, 6) is -1.46. The van der Waals surface area contributed by atoms with Gasteiger partial charge in [-0.25, -0.2) is 4.79 Å². The van der Waals surface area contributed by atoms with Crippen molar-refractivity contribution in [2.75, 3.05) is 6.61 Å². The smallest absolute Gasteiger partial charge is 0.343 e. The lowest BCUT2D eigenvalue weighted by Gasteiger charge is -2.06. The largest absolute Gasteiger partial charge is 0.507 e. The number of ether oxygens (including phenoxy) is 1. The number of H-pyrrole nitrogens is 1. The van der Waals surface area contributed by atoms with Gasteiger partial charge in [0.15, 0.2) is 5.78 Å². The maximum Gasteiger partial charge on any atom is 0.343 e. The number of benzene rings is 1. The second-order valence-corrected chi connectivity index (χ2v) is 4.70. The number of pyridine rings is 1. The van der Waals surface area contributed by atoms with Crippen molar-refractivity contribution >= 4 is 11.8 Å². The molecule has 6 heteroatoms. The summed E-state index contributed by atoms with van der Waals surface area (Å²) in [4.78, 5) is 38.1. The summed E-state index contributed by atoms with van der Waals surface area (Å²) < 4.78 is 4.77. The van der Waals surface area contributed by atoms with Crippen LogP contribution in [0, 0.1) is 6.92 Å². The Balaban J connectivity index is 2.47. The van der Waals surface area contributed by atoms with Crippen molar-refractivity contribution in [1.29, 1.82) is 0 Å². The Morgan fingerprint density at radius 3 is 2.64 bits per heavy atom. The van der Waals surface area contributed by atoms with Crippen LogP contribution in [-0.4, -0.2) is 28.4 Å². The Hall–Kier alpha value is -2.89. The number of hydrogen-bond acceptors (Lipinski definition) is 5. The highest BCUT2D eigenvalue weighted by Gasteiger charge is 2.18. The molecule has 0 bridgehead atoms. The fourth-order valence-electron chi connectivity index (χ4n) is 1.96. The summed E-state index contributed by atoms with van der Waals surface area (Å²) >= 11 is 0. The molecule has 0 saturated carbocycles. The van der Waals surface area contributed by atoms with Crippen molar-refractivity contribution < 1.29 is 19.4 Å². The Morgan fingerprint density at radius 1 is 1.23 bits per heavy atom. The van der Waals surface area contributed by atoms with E-state index in [1.54, 1.807) is 19.9 Å². The number of carbonyl (C=O) groups is 2. The summed E-state index contributed by atoms with van der Waals surface area (Å²) in [5, 5.41) is 9.80. The zero-order chi connectivity index (χ0) is 16.3. The predicted molar refractivity (Wildman–Crippen MR) is 79.3 cm³/mol. The van der Waals surface area contributed by atoms with Gasteiger partial charge in [0.1, 0.15) is 11.3 Å². The Bertz CT molecular complexity index is 791. The average molecular weight is 301 g/mol. The first-order valence-corrected chi connectivity index (χ1v) is 6.68. The minimum absolute atomic E-state index is 0.0866. The van der Waals surface area contributed by atoms with E-state index >= 15 is 0 Å². The molecule has 0 fully saturated rings. The van der Waals surface area contributed by atoms with E-state index in [0.29, 0.717) is 0 Å². The van der Waals surface area contributed by atoms with Gasteiger partial charge in [-0.2, -0.15) is 0 Å². The van der Waals surface area contributed by atoms with Gasteiger partial charge in [0.2, 0.25) is 0 Å². The molecule has 2 N–H and O–H groups in total. The summed E-state index contributed by atoms with van der Waals surface area (Å²) in [6.07, 6.45) is 1.20. The van der Waals surface area contributed by atoms with E-state index in [1.807, 2.05) is 0 Å². The number of phenols is 1. The molecule has 0 aliphatic heterocycles. The van der Waals surface area contributed by atoms with Gasteiger partial charge in [-0.05, 0) is 32.0 Å². The Morgan fingerprint density at radius 2 is 1.95 bits per heavy atom. The van der Waals surface area contributed by atoms with E-state index in [1.165, 1.54) is 24.4 Å². The normalized spacial score (nSPS) is 10.3. The lowest BCUT2D eigenvalue weighted by atomic mass is 10.0. The molecular weight excluding hydrogens is 286 g/mol. The lowest BCUT2D eigenvalue weighted by molar-refractivity contribution is 0.0524. The summed E-state index contributed by atoms with van der Waals surface area (Å²) in [6.45, 7) is 3.52. The van der Waals surface area contributed by atoms with Gasteiger partial charge >= 0.3 is 5.97 Å². The summed E-state index contributed by atoms with van der Waals surface area (Å²) in [6, 6.07) is 5.79. The number of ketones is 1. The van der Waals surface area contributed by atoms with Crippen LogP contribution in [0.5, 0.6) is 5.75 Å². The molecule has 114 valence electrons. The monoisotopic (exact) mass is 301 g/mol. The Labute approximate surface area is 126 Å². The number of aryl methyl sites for hydroxylation is 1. The van der Waals surface area contributed by atoms with Gasteiger partial charge in [-0.1, -0.05) is 11.6 Å². The van der Waals surface area contributed by atoms with E-state index < -0.39 is 17.3 Å². The van der Waals surface area contributed by atoms with Crippen molar-refractivity contribution in [1.82, 2.24) is 4.98 Å². The molecule has 0 aliphatic rings. The molecule has 0 atom stereocenters. The van der Waals surface area contributed by atoms with Crippen LogP contribution >= 0.6 is 0 Å². The molecule has 0 radical (unpaired) electrons. The molecule has 0 amide bonds. The topological polar surface area (TPSA) is 96.5 Å². The number of nitrogens with one attached hydrogen (secondary N) is 1. The summed E-state index contributed by atoms with van der Waals surface area (Å²) in [5.41, 5.74) is 0.102. The fourth-order valence-corrected chi connectivity index (χ4v) is 1.96. The van der Waals surface area contributed by atoms with Gasteiger partial charge in [-0.15, -0.1) is 0 Å². The number of rotatable bonds is 4.